The van der Waals surface area contributed by atoms with E-state index >= 15 is 0 Å². The van der Waals surface area contributed by atoms with Crippen molar-refractivity contribution in [3.05, 3.63) is 0 Å². The van der Waals surface area contributed by atoms with E-state index in [0.29, 0.717) is 0 Å². The zero-order valence-corrected chi connectivity index (χ0v) is 14.9. The average molecular weight is 278 g/mol. The van der Waals surface area contributed by atoms with Gasteiger partial charge in [0.25, 0.3) is 0 Å². The topological polar surface area (TPSA) is 29.1 Å². The van der Waals surface area contributed by atoms with Crippen molar-refractivity contribution in [2.45, 2.75) is 68.2 Å². The third-order valence-corrected chi connectivity index (χ3v) is 2.83. The SMILES string of the molecule is CC.CCNC(=O)C(C)(C)CC(C)(C)CC.CS. The predicted octanol–water partition coefficient (Wildman–Crippen LogP) is 4.55. The van der Waals surface area contributed by atoms with Crippen LogP contribution in [0, 0.1) is 10.8 Å². The van der Waals surface area contributed by atoms with Crippen LogP contribution < -0.4 is 5.32 Å². The first-order chi connectivity index (χ1) is 8.25. The lowest BCUT2D eigenvalue weighted by Crippen LogP contribution is -2.39. The zero-order valence-electron chi connectivity index (χ0n) is 14.0. The smallest absolute Gasteiger partial charge is 0.225 e. The molecule has 0 atom stereocenters. The van der Waals surface area contributed by atoms with Crippen LogP contribution in [0.4, 0.5) is 0 Å². The molecule has 0 aromatic rings. The number of thiol groups is 1. The minimum atomic E-state index is -0.254. The average Bonchev–Trinajstić information content (AvgIpc) is 2.33. The number of amides is 1. The molecule has 0 bridgehead atoms. The van der Waals surface area contributed by atoms with E-state index in [4.69, 9.17) is 0 Å². The fourth-order valence-electron chi connectivity index (χ4n) is 1.80. The van der Waals surface area contributed by atoms with Crippen molar-refractivity contribution in [1.29, 1.82) is 0 Å². The van der Waals surface area contributed by atoms with Crippen LogP contribution in [0.5, 0.6) is 0 Å². The molecule has 0 spiro atoms. The Morgan fingerprint density at radius 3 is 1.72 bits per heavy atom. The lowest BCUT2D eigenvalue weighted by atomic mass is 9.73. The number of rotatable bonds is 5. The van der Waals surface area contributed by atoms with Crippen LogP contribution in [0.3, 0.4) is 0 Å². The first kappa shape index (κ1) is 23.0. The predicted molar refractivity (Wildman–Crippen MR) is 87.4 cm³/mol. The lowest BCUT2D eigenvalue weighted by Gasteiger charge is -2.33. The van der Waals surface area contributed by atoms with Gasteiger partial charge in [-0.15, -0.1) is 0 Å². The van der Waals surface area contributed by atoms with Crippen LogP contribution in [0.15, 0.2) is 0 Å². The van der Waals surface area contributed by atoms with Crippen LogP contribution in [-0.2, 0) is 4.79 Å². The van der Waals surface area contributed by atoms with Gasteiger partial charge in [0.2, 0.25) is 5.91 Å². The number of hydrogen-bond acceptors (Lipinski definition) is 2. The maximum Gasteiger partial charge on any atom is 0.225 e. The van der Waals surface area contributed by atoms with Gasteiger partial charge < -0.3 is 5.32 Å². The molecule has 0 radical (unpaired) electrons. The highest BCUT2D eigenvalue weighted by Gasteiger charge is 2.33. The van der Waals surface area contributed by atoms with Crippen LogP contribution in [0.1, 0.15) is 68.2 Å². The summed E-state index contributed by atoms with van der Waals surface area (Å²) in [5.74, 6) is 0.168. The Morgan fingerprint density at radius 1 is 1.06 bits per heavy atom. The van der Waals surface area contributed by atoms with Gasteiger partial charge in [0, 0.05) is 12.0 Å². The molecule has 0 aliphatic carbocycles. The summed E-state index contributed by atoms with van der Waals surface area (Å²) in [6.45, 7) is 17.3. The minimum absolute atomic E-state index is 0.168. The first-order valence-electron chi connectivity index (χ1n) is 6.98. The third kappa shape index (κ3) is 10.9. The van der Waals surface area contributed by atoms with E-state index in [1.165, 1.54) is 0 Å². The quantitative estimate of drug-likeness (QED) is 0.709. The summed E-state index contributed by atoms with van der Waals surface area (Å²) >= 11 is 3.53. The van der Waals surface area contributed by atoms with Gasteiger partial charge in [-0.25, -0.2) is 0 Å². The van der Waals surface area contributed by atoms with E-state index < -0.39 is 0 Å². The molecule has 0 aliphatic rings. The largest absolute Gasteiger partial charge is 0.356 e. The Balaban J connectivity index is -0.000000506. The Morgan fingerprint density at radius 2 is 1.44 bits per heavy atom. The summed E-state index contributed by atoms with van der Waals surface area (Å²) in [4.78, 5) is 11.7. The molecule has 0 saturated heterocycles. The molecule has 3 heteroatoms. The number of nitrogens with one attached hydrogen (secondary N) is 1. The van der Waals surface area contributed by atoms with Gasteiger partial charge in [-0.3, -0.25) is 4.79 Å². The van der Waals surface area contributed by atoms with Gasteiger partial charge in [-0.1, -0.05) is 54.9 Å². The summed E-state index contributed by atoms with van der Waals surface area (Å²) in [5, 5.41) is 2.89. The fraction of sp³-hybridized carbons (Fsp3) is 0.933. The van der Waals surface area contributed by atoms with Crippen molar-refractivity contribution in [1.82, 2.24) is 5.32 Å². The van der Waals surface area contributed by atoms with E-state index in [0.717, 1.165) is 19.4 Å². The maximum absolute atomic E-state index is 11.7. The van der Waals surface area contributed by atoms with Crippen molar-refractivity contribution in [3.63, 3.8) is 0 Å². The van der Waals surface area contributed by atoms with Gasteiger partial charge in [0.15, 0.2) is 0 Å². The standard InChI is InChI=1S/C12H25NO.C2H6.CH4S/c1-7-11(3,4)9-12(5,6)10(14)13-8-2;2*1-2/h7-9H2,1-6H3,(H,13,14);1-2H3;2H,1H3. The molecule has 1 N–H and O–H groups in total. The molecule has 1 amide bonds. The van der Waals surface area contributed by atoms with Crippen LogP contribution in [0.25, 0.3) is 0 Å². The van der Waals surface area contributed by atoms with Crippen LogP contribution in [-0.4, -0.2) is 18.7 Å². The van der Waals surface area contributed by atoms with Gasteiger partial charge in [-0.2, -0.15) is 12.6 Å². The van der Waals surface area contributed by atoms with E-state index in [9.17, 15) is 4.79 Å². The maximum atomic E-state index is 11.7. The highest BCUT2D eigenvalue weighted by atomic mass is 32.1. The van der Waals surface area contributed by atoms with Crippen molar-refractivity contribution in [2.24, 2.45) is 10.8 Å². The summed E-state index contributed by atoms with van der Waals surface area (Å²) in [6, 6.07) is 0. The van der Waals surface area contributed by atoms with E-state index in [1.54, 1.807) is 6.26 Å². The molecule has 0 saturated carbocycles. The monoisotopic (exact) mass is 277 g/mol. The second kappa shape index (κ2) is 11.9. The minimum Gasteiger partial charge on any atom is -0.356 e. The number of carbonyl (C=O) groups is 1. The summed E-state index contributed by atoms with van der Waals surface area (Å²) < 4.78 is 0. The van der Waals surface area contributed by atoms with Crippen molar-refractivity contribution in [3.8, 4) is 0 Å². The summed E-state index contributed by atoms with van der Waals surface area (Å²) in [6.07, 6.45) is 3.73. The molecule has 0 fully saturated rings. The number of carbonyl (C=O) groups excluding carboxylic acids is 1. The third-order valence-electron chi connectivity index (χ3n) is 2.83. The summed E-state index contributed by atoms with van der Waals surface area (Å²) in [5.41, 5.74) is -0.00982. The van der Waals surface area contributed by atoms with Crippen molar-refractivity contribution in [2.75, 3.05) is 12.8 Å². The second-order valence-electron chi connectivity index (χ2n) is 5.44. The molecular formula is C15H35NOS. The molecule has 0 rings (SSSR count). The van der Waals surface area contributed by atoms with Gasteiger partial charge in [0.1, 0.15) is 0 Å². The second-order valence-corrected chi connectivity index (χ2v) is 5.44. The van der Waals surface area contributed by atoms with Crippen molar-refractivity contribution >= 4 is 18.5 Å². The van der Waals surface area contributed by atoms with Gasteiger partial charge >= 0.3 is 0 Å². The van der Waals surface area contributed by atoms with Crippen molar-refractivity contribution < 1.29 is 4.79 Å². The first-order valence-corrected chi connectivity index (χ1v) is 7.87. The van der Waals surface area contributed by atoms with Gasteiger partial charge in [0.05, 0.1) is 0 Å². The fourth-order valence-corrected chi connectivity index (χ4v) is 1.80. The molecular weight excluding hydrogens is 242 g/mol. The zero-order chi connectivity index (χ0) is 15.4. The Bertz CT molecular complexity index is 201. The van der Waals surface area contributed by atoms with Crippen LogP contribution >= 0.6 is 12.6 Å². The highest BCUT2D eigenvalue weighted by molar-refractivity contribution is 7.79. The molecule has 0 unspecified atom stereocenters. The Kier molecular flexibility index (Phi) is 15.2. The van der Waals surface area contributed by atoms with Gasteiger partial charge in [-0.05, 0) is 25.0 Å². The Labute approximate surface area is 121 Å². The molecule has 18 heavy (non-hydrogen) atoms. The Hall–Kier alpha value is -0.180. The van der Waals surface area contributed by atoms with Crippen LogP contribution in [0.2, 0.25) is 0 Å². The molecule has 0 aromatic heterocycles. The highest BCUT2D eigenvalue weighted by Crippen LogP contribution is 2.35. The molecule has 0 heterocycles. The van der Waals surface area contributed by atoms with E-state index in [2.05, 4.69) is 38.7 Å². The normalized spacial score (nSPS) is 10.6. The summed E-state index contributed by atoms with van der Waals surface area (Å²) in [7, 11) is 0. The lowest BCUT2D eigenvalue weighted by molar-refractivity contribution is -0.130. The molecule has 2 nitrogen and oxygen atoms in total. The molecule has 112 valence electrons. The van der Waals surface area contributed by atoms with E-state index in [-0.39, 0.29) is 16.7 Å². The molecule has 0 aromatic carbocycles. The number of hydrogen-bond donors (Lipinski definition) is 2. The molecule has 0 aliphatic heterocycles. The van der Waals surface area contributed by atoms with E-state index in [1.807, 2.05) is 34.6 Å².